The maximum Gasteiger partial charge on any atom is 0.341 e. The van der Waals surface area contributed by atoms with Gasteiger partial charge in [0, 0.05) is 6.20 Å². The third-order valence-electron chi connectivity index (χ3n) is 3.78. The van der Waals surface area contributed by atoms with Gasteiger partial charge in [-0.25, -0.2) is 4.79 Å². The molecule has 1 amide bonds. The molecular weight excluding hydrogens is 280 g/mol. The van der Waals surface area contributed by atoms with Gasteiger partial charge >= 0.3 is 5.97 Å². The smallest absolute Gasteiger partial charge is 0.341 e. The molecule has 0 spiro atoms. The summed E-state index contributed by atoms with van der Waals surface area (Å²) in [7, 11) is 1.24. The fraction of sp³-hybridized carbons (Fsp3) is 0.462. The van der Waals surface area contributed by atoms with Crippen molar-refractivity contribution in [3.63, 3.8) is 0 Å². The molecule has 0 unspecified atom stereocenters. The van der Waals surface area contributed by atoms with Crippen molar-refractivity contribution in [1.82, 2.24) is 9.47 Å². The molecule has 0 bridgehead atoms. The summed E-state index contributed by atoms with van der Waals surface area (Å²) in [4.78, 5) is 37.4. The van der Waals surface area contributed by atoms with E-state index in [1.165, 1.54) is 17.9 Å². The number of amides is 1. The van der Waals surface area contributed by atoms with Gasteiger partial charge in [-0.05, 0) is 6.92 Å². The largest absolute Gasteiger partial charge is 0.491 e. The SMILES string of the molecule is COc1c2n(cc(C(=O)O)c1=O)C[C@@H]1OC[C@H](C)N1C2=O. The van der Waals surface area contributed by atoms with Gasteiger partial charge in [0.25, 0.3) is 5.91 Å². The van der Waals surface area contributed by atoms with Gasteiger partial charge in [-0.2, -0.15) is 0 Å². The standard InChI is InChI=1S/C13H14N2O6/c1-6-5-21-8-4-14-3-7(13(18)19)10(16)11(20-2)9(14)12(17)15(6)8/h3,6,8H,4-5H2,1-2H3,(H,18,19)/t6-,8-/m0/s1. The minimum absolute atomic E-state index is 0.0705. The van der Waals surface area contributed by atoms with E-state index in [1.807, 2.05) is 6.92 Å². The van der Waals surface area contributed by atoms with E-state index in [9.17, 15) is 14.4 Å². The Labute approximate surface area is 119 Å². The number of pyridine rings is 1. The van der Waals surface area contributed by atoms with Crippen LogP contribution in [-0.4, -0.2) is 52.4 Å². The van der Waals surface area contributed by atoms with Crippen LogP contribution in [0.2, 0.25) is 0 Å². The molecule has 2 aliphatic heterocycles. The molecule has 8 heteroatoms. The number of ether oxygens (including phenoxy) is 2. The van der Waals surface area contributed by atoms with E-state index in [4.69, 9.17) is 14.6 Å². The summed E-state index contributed by atoms with van der Waals surface area (Å²) < 4.78 is 11.9. The summed E-state index contributed by atoms with van der Waals surface area (Å²) in [6, 6.07) is -0.102. The van der Waals surface area contributed by atoms with E-state index in [0.717, 1.165) is 0 Å². The number of carbonyl (C=O) groups excluding carboxylic acids is 1. The summed E-state index contributed by atoms with van der Waals surface area (Å²) in [5.74, 6) is -1.98. The van der Waals surface area contributed by atoms with E-state index in [-0.39, 0.29) is 29.9 Å². The summed E-state index contributed by atoms with van der Waals surface area (Å²) in [6.45, 7) is 2.52. The van der Waals surface area contributed by atoms with Crippen LogP contribution in [0.4, 0.5) is 0 Å². The van der Waals surface area contributed by atoms with E-state index < -0.39 is 23.2 Å². The average Bonchev–Trinajstić information content (AvgIpc) is 2.80. The van der Waals surface area contributed by atoms with Crippen LogP contribution in [-0.2, 0) is 11.3 Å². The Balaban J connectivity index is 2.23. The first-order valence-corrected chi connectivity index (χ1v) is 6.44. The molecular formula is C13H14N2O6. The Bertz CT molecular complexity index is 695. The van der Waals surface area contributed by atoms with Crippen LogP contribution >= 0.6 is 0 Å². The Hall–Kier alpha value is -2.35. The van der Waals surface area contributed by atoms with Crippen molar-refractivity contribution in [3.05, 3.63) is 27.7 Å². The van der Waals surface area contributed by atoms with Crippen LogP contribution in [0.1, 0.15) is 27.8 Å². The molecule has 0 radical (unpaired) electrons. The lowest BCUT2D eigenvalue weighted by molar-refractivity contribution is 0.00613. The number of carboxylic acids is 1. The second-order valence-electron chi connectivity index (χ2n) is 5.06. The fourth-order valence-corrected chi connectivity index (χ4v) is 2.80. The molecule has 0 aliphatic carbocycles. The number of aromatic carboxylic acids is 1. The topological polar surface area (TPSA) is 98.1 Å². The average molecular weight is 294 g/mol. The highest BCUT2D eigenvalue weighted by Crippen LogP contribution is 2.29. The zero-order chi connectivity index (χ0) is 15.3. The van der Waals surface area contributed by atoms with Gasteiger partial charge in [0.1, 0.15) is 5.56 Å². The van der Waals surface area contributed by atoms with Crippen LogP contribution in [0.15, 0.2) is 11.0 Å². The Kier molecular flexibility index (Phi) is 2.98. The maximum absolute atomic E-state index is 12.6. The molecule has 21 heavy (non-hydrogen) atoms. The lowest BCUT2D eigenvalue weighted by Gasteiger charge is -2.34. The van der Waals surface area contributed by atoms with E-state index >= 15 is 0 Å². The van der Waals surface area contributed by atoms with Crippen molar-refractivity contribution < 1.29 is 24.2 Å². The molecule has 1 saturated heterocycles. The molecule has 2 aliphatic rings. The second kappa shape index (κ2) is 4.59. The normalized spacial score (nSPS) is 23.7. The Morgan fingerprint density at radius 2 is 2.19 bits per heavy atom. The first kappa shape index (κ1) is 13.6. The summed E-state index contributed by atoms with van der Waals surface area (Å²) in [5.41, 5.74) is -1.15. The number of methoxy groups -OCH3 is 1. The Morgan fingerprint density at radius 1 is 1.48 bits per heavy atom. The van der Waals surface area contributed by atoms with Gasteiger partial charge in [-0.3, -0.25) is 9.59 Å². The number of carbonyl (C=O) groups is 2. The number of hydrogen-bond acceptors (Lipinski definition) is 5. The molecule has 1 aromatic heterocycles. The highest BCUT2D eigenvalue weighted by Gasteiger charge is 2.43. The number of fused-ring (bicyclic) bond motifs is 2. The van der Waals surface area contributed by atoms with Crippen molar-refractivity contribution in [2.24, 2.45) is 0 Å². The lowest BCUT2D eigenvalue weighted by atomic mass is 10.1. The third-order valence-corrected chi connectivity index (χ3v) is 3.78. The van der Waals surface area contributed by atoms with E-state index in [1.54, 1.807) is 4.90 Å². The molecule has 8 nitrogen and oxygen atoms in total. The van der Waals surface area contributed by atoms with Crippen molar-refractivity contribution in [2.45, 2.75) is 25.7 Å². The predicted octanol–water partition coefficient (Wildman–Crippen LogP) is -0.244. The molecule has 112 valence electrons. The number of carboxylic acid groups (broad SMARTS) is 1. The van der Waals surface area contributed by atoms with Crippen LogP contribution in [0.25, 0.3) is 0 Å². The van der Waals surface area contributed by atoms with Crippen molar-refractivity contribution in [2.75, 3.05) is 13.7 Å². The maximum atomic E-state index is 12.6. The van der Waals surface area contributed by atoms with Crippen LogP contribution in [0.5, 0.6) is 5.75 Å². The van der Waals surface area contributed by atoms with Gasteiger partial charge in [0.15, 0.2) is 17.7 Å². The number of aromatic nitrogens is 1. The lowest BCUT2D eigenvalue weighted by Crippen LogP contribution is -2.49. The zero-order valence-corrected chi connectivity index (χ0v) is 11.5. The van der Waals surface area contributed by atoms with Crippen LogP contribution in [0, 0.1) is 0 Å². The second-order valence-corrected chi connectivity index (χ2v) is 5.06. The summed E-state index contributed by atoms with van der Waals surface area (Å²) in [6.07, 6.45) is 0.721. The Morgan fingerprint density at radius 3 is 2.81 bits per heavy atom. The monoisotopic (exact) mass is 294 g/mol. The number of rotatable bonds is 2. The van der Waals surface area contributed by atoms with Crippen molar-refractivity contribution in [1.29, 1.82) is 0 Å². The first-order chi connectivity index (χ1) is 9.95. The quantitative estimate of drug-likeness (QED) is 0.808. The van der Waals surface area contributed by atoms with Gasteiger partial charge in [-0.1, -0.05) is 0 Å². The summed E-state index contributed by atoms with van der Waals surface area (Å²) in [5, 5.41) is 9.09. The minimum Gasteiger partial charge on any atom is -0.491 e. The van der Waals surface area contributed by atoms with Gasteiger partial charge in [0.05, 0.1) is 26.3 Å². The van der Waals surface area contributed by atoms with Crippen LogP contribution < -0.4 is 10.2 Å². The molecule has 0 saturated carbocycles. The van der Waals surface area contributed by atoms with Gasteiger partial charge in [-0.15, -0.1) is 0 Å². The first-order valence-electron chi connectivity index (χ1n) is 6.44. The molecule has 3 heterocycles. The summed E-state index contributed by atoms with van der Waals surface area (Å²) >= 11 is 0. The number of nitrogens with zero attached hydrogens (tertiary/aromatic N) is 2. The van der Waals surface area contributed by atoms with E-state index in [2.05, 4.69) is 0 Å². The van der Waals surface area contributed by atoms with E-state index in [0.29, 0.717) is 6.61 Å². The molecule has 3 rings (SSSR count). The predicted molar refractivity (Wildman–Crippen MR) is 69.6 cm³/mol. The molecule has 0 aromatic carbocycles. The van der Waals surface area contributed by atoms with Gasteiger partial charge in [0.2, 0.25) is 5.43 Å². The van der Waals surface area contributed by atoms with Crippen molar-refractivity contribution >= 4 is 11.9 Å². The molecule has 1 aromatic rings. The van der Waals surface area contributed by atoms with Crippen molar-refractivity contribution in [3.8, 4) is 5.75 Å². The van der Waals surface area contributed by atoms with Crippen LogP contribution in [0.3, 0.4) is 0 Å². The number of hydrogen-bond donors (Lipinski definition) is 1. The third kappa shape index (κ3) is 1.83. The molecule has 1 N–H and O–H groups in total. The zero-order valence-electron chi connectivity index (χ0n) is 11.5. The van der Waals surface area contributed by atoms with Gasteiger partial charge < -0.3 is 24.0 Å². The molecule has 1 fully saturated rings. The highest BCUT2D eigenvalue weighted by atomic mass is 16.5. The molecule has 2 atom stereocenters. The minimum atomic E-state index is -1.36. The fourth-order valence-electron chi connectivity index (χ4n) is 2.80. The highest BCUT2D eigenvalue weighted by molar-refractivity contribution is 5.98.